The van der Waals surface area contributed by atoms with Crippen molar-refractivity contribution in [1.82, 2.24) is 5.32 Å². The number of urea groups is 1. The molecule has 0 atom stereocenters. The molecule has 0 aliphatic carbocycles. The molecule has 0 aliphatic rings. The van der Waals surface area contributed by atoms with Crippen LogP contribution in [0.15, 0.2) is 66.7 Å². The molecule has 0 saturated heterocycles. The van der Waals surface area contributed by atoms with Crippen LogP contribution >= 0.6 is 11.3 Å². The van der Waals surface area contributed by atoms with E-state index in [1.165, 1.54) is 16.9 Å². The number of ether oxygens (including phenoxy) is 1. The molecule has 28 heavy (non-hydrogen) atoms. The predicted octanol–water partition coefficient (Wildman–Crippen LogP) is 4.51. The molecule has 0 aliphatic heterocycles. The lowest BCUT2D eigenvalue weighted by Crippen LogP contribution is -2.27. The molecular weight excluding hydrogens is 374 g/mol. The zero-order valence-corrected chi connectivity index (χ0v) is 16.2. The van der Waals surface area contributed by atoms with E-state index in [1.54, 1.807) is 24.3 Å². The Morgan fingerprint density at radius 2 is 1.68 bits per heavy atom. The average molecular weight is 395 g/mol. The number of aryl methyl sites for hydroxylation is 1. The van der Waals surface area contributed by atoms with E-state index in [-0.39, 0.29) is 11.9 Å². The van der Waals surface area contributed by atoms with Crippen molar-refractivity contribution in [3.05, 3.63) is 77.2 Å². The van der Waals surface area contributed by atoms with E-state index in [4.69, 9.17) is 4.74 Å². The highest BCUT2D eigenvalue weighted by Gasteiger charge is 2.10. The number of benzene rings is 2. The van der Waals surface area contributed by atoms with Gasteiger partial charge in [-0.15, -0.1) is 11.3 Å². The molecule has 0 saturated carbocycles. The van der Waals surface area contributed by atoms with Crippen LogP contribution in [0.1, 0.15) is 15.2 Å². The summed E-state index contributed by atoms with van der Waals surface area (Å²) in [7, 11) is 0. The largest absolute Gasteiger partial charge is 0.492 e. The van der Waals surface area contributed by atoms with Crippen LogP contribution in [0.4, 0.5) is 15.5 Å². The predicted molar refractivity (Wildman–Crippen MR) is 112 cm³/mol. The highest BCUT2D eigenvalue weighted by molar-refractivity contribution is 7.18. The van der Waals surface area contributed by atoms with Crippen molar-refractivity contribution in [2.75, 3.05) is 23.8 Å². The Morgan fingerprint density at radius 1 is 0.929 bits per heavy atom. The second kappa shape index (κ2) is 9.57. The number of carbonyl (C=O) groups excluding carboxylic acids is 2. The number of carbonyl (C=O) groups is 2. The van der Waals surface area contributed by atoms with Gasteiger partial charge in [0.15, 0.2) is 0 Å². The first kappa shape index (κ1) is 19.4. The molecule has 3 N–H and O–H groups in total. The molecule has 3 aromatic rings. The number of hydrogen-bond donors (Lipinski definition) is 3. The number of rotatable bonds is 7. The van der Waals surface area contributed by atoms with E-state index >= 15 is 0 Å². The molecule has 6 nitrogen and oxygen atoms in total. The van der Waals surface area contributed by atoms with E-state index in [2.05, 4.69) is 16.0 Å². The lowest BCUT2D eigenvalue weighted by atomic mass is 10.2. The first-order chi connectivity index (χ1) is 13.6. The van der Waals surface area contributed by atoms with E-state index in [0.29, 0.717) is 28.7 Å². The van der Waals surface area contributed by atoms with Crippen LogP contribution in [0.5, 0.6) is 5.75 Å². The van der Waals surface area contributed by atoms with Gasteiger partial charge in [-0.2, -0.15) is 0 Å². The summed E-state index contributed by atoms with van der Waals surface area (Å²) in [6.07, 6.45) is 0. The van der Waals surface area contributed by atoms with Gasteiger partial charge in [-0.3, -0.25) is 10.1 Å². The van der Waals surface area contributed by atoms with E-state index < -0.39 is 0 Å². The van der Waals surface area contributed by atoms with Gasteiger partial charge in [-0.05, 0) is 43.3 Å². The van der Waals surface area contributed by atoms with Crippen LogP contribution in [0.2, 0.25) is 0 Å². The minimum Gasteiger partial charge on any atom is -0.492 e. The molecule has 2 aromatic carbocycles. The zero-order valence-electron chi connectivity index (χ0n) is 15.4. The molecule has 0 radical (unpaired) electrons. The summed E-state index contributed by atoms with van der Waals surface area (Å²) in [5, 5.41) is 8.85. The Labute approximate surface area is 167 Å². The summed E-state index contributed by atoms with van der Waals surface area (Å²) in [4.78, 5) is 24.7. The molecule has 1 aromatic heterocycles. The fourth-order valence-corrected chi connectivity index (χ4v) is 3.20. The maximum absolute atomic E-state index is 12.2. The van der Waals surface area contributed by atoms with Crippen LogP contribution in [0.3, 0.4) is 0 Å². The van der Waals surface area contributed by atoms with Crippen LogP contribution in [0, 0.1) is 6.92 Å². The highest BCUT2D eigenvalue weighted by Crippen LogP contribution is 2.22. The first-order valence-electron chi connectivity index (χ1n) is 8.81. The maximum atomic E-state index is 12.2. The van der Waals surface area contributed by atoms with Gasteiger partial charge in [0.05, 0.1) is 16.4 Å². The summed E-state index contributed by atoms with van der Waals surface area (Å²) in [6.45, 7) is 2.78. The van der Waals surface area contributed by atoms with Crippen LogP contribution < -0.4 is 20.7 Å². The number of anilines is 2. The third-order valence-electron chi connectivity index (χ3n) is 3.78. The summed E-state index contributed by atoms with van der Waals surface area (Å²) >= 11 is 1.21. The smallest absolute Gasteiger partial charge is 0.324 e. The molecule has 3 rings (SSSR count). The minimum atomic E-state index is -0.355. The molecule has 0 fully saturated rings. The molecule has 0 bridgehead atoms. The van der Waals surface area contributed by atoms with Gasteiger partial charge in [-0.1, -0.05) is 35.9 Å². The number of thiophene rings is 1. The van der Waals surface area contributed by atoms with Gasteiger partial charge in [0, 0.05) is 5.69 Å². The second-order valence-corrected chi connectivity index (χ2v) is 7.11. The highest BCUT2D eigenvalue weighted by atomic mass is 32.1. The van der Waals surface area contributed by atoms with Crippen LogP contribution in [-0.2, 0) is 0 Å². The SMILES string of the molecule is Cc1ccc(OCCNC(=O)c2ccc(NC(=O)Nc3ccccc3)s2)cc1. The van der Waals surface area contributed by atoms with Crippen LogP contribution in [0.25, 0.3) is 0 Å². The van der Waals surface area contributed by atoms with Crippen molar-refractivity contribution in [3.8, 4) is 5.75 Å². The summed E-state index contributed by atoms with van der Waals surface area (Å²) in [5.41, 5.74) is 1.86. The third-order valence-corrected chi connectivity index (χ3v) is 4.77. The Morgan fingerprint density at radius 3 is 2.43 bits per heavy atom. The normalized spacial score (nSPS) is 10.2. The van der Waals surface area contributed by atoms with Gasteiger partial charge in [-0.25, -0.2) is 4.79 Å². The number of para-hydroxylation sites is 1. The van der Waals surface area contributed by atoms with Gasteiger partial charge in [0.1, 0.15) is 12.4 Å². The summed E-state index contributed by atoms with van der Waals surface area (Å²) < 4.78 is 5.59. The molecule has 0 unspecified atom stereocenters. The Bertz CT molecular complexity index is 924. The van der Waals surface area contributed by atoms with Crippen molar-refractivity contribution in [3.63, 3.8) is 0 Å². The number of hydrogen-bond acceptors (Lipinski definition) is 4. The fraction of sp³-hybridized carbons (Fsp3) is 0.143. The third kappa shape index (κ3) is 5.85. The Balaban J connectivity index is 1.42. The van der Waals surface area contributed by atoms with E-state index in [1.807, 2.05) is 49.4 Å². The number of amides is 3. The zero-order chi connectivity index (χ0) is 19.8. The fourth-order valence-electron chi connectivity index (χ4n) is 2.38. The minimum absolute atomic E-state index is 0.200. The van der Waals surface area contributed by atoms with Crippen LogP contribution in [-0.4, -0.2) is 25.1 Å². The topological polar surface area (TPSA) is 79.5 Å². The lowest BCUT2D eigenvalue weighted by Gasteiger charge is -2.07. The monoisotopic (exact) mass is 395 g/mol. The van der Waals surface area contributed by atoms with Gasteiger partial charge in [0.25, 0.3) is 5.91 Å². The molecular formula is C21H21N3O3S. The van der Waals surface area contributed by atoms with Gasteiger partial charge >= 0.3 is 6.03 Å². The van der Waals surface area contributed by atoms with E-state index in [9.17, 15) is 9.59 Å². The molecule has 0 spiro atoms. The molecule has 7 heteroatoms. The van der Waals surface area contributed by atoms with Crippen molar-refractivity contribution >= 4 is 34.0 Å². The summed E-state index contributed by atoms with van der Waals surface area (Å²) in [5.74, 6) is 0.570. The van der Waals surface area contributed by atoms with Crippen molar-refractivity contribution < 1.29 is 14.3 Å². The Kier molecular flexibility index (Phi) is 6.64. The van der Waals surface area contributed by atoms with Crippen molar-refractivity contribution in [2.24, 2.45) is 0 Å². The standard InChI is InChI=1S/C21H21N3O3S/c1-15-7-9-17(10-8-15)27-14-13-22-20(25)18-11-12-19(28-18)24-21(26)23-16-5-3-2-4-6-16/h2-12H,13-14H2,1H3,(H,22,25)(H2,23,24,26). The molecule has 3 amide bonds. The number of nitrogens with one attached hydrogen (secondary N) is 3. The molecule has 144 valence electrons. The maximum Gasteiger partial charge on any atom is 0.324 e. The quantitative estimate of drug-likeness (QED) is 0.515. The van der Waals surface area contributed by atoms with Gasteiger partial charge < -0.3 is 15.4 Å². The molecule has 1 heterocycles. The average Bonchev–Trinajstić information content (AvgIpc) is 3.15. The lowest BCUT2D eigenvalue weighted by molar-refractivity contribution is 0.0951. The van der Waals surface area contributed by atoms with Crippen molar-refractivity contribution in [2.45, 2.75) is 6.92 Å². The Hall–Kier alpha value is -3.32. The van der Waals surface area contributed by atoms with E-state index in [0.717, 1.165) is 5.75 Å². The first-order valence-corrected chi connectivity index (χ1v) is 9.62. The second-order valence-electron chi connectivity index (χ2n) is 6.03. The summed E-state index contributed by atoms with van der Waals surface area (Å²) in [6, 6.07) is 19.9. The van der Waals surface area contributed by atoms with Gasteiger partial charge in [0.2, 0.25) is 0 Å². The van der Waals surface area contributed by atoms with Crippen molar-refractivity contribution in [1.29, 1.82) is 0 Å².